The fourth-order valence-corrected chi connectivity index (χ4v) is 5.23. The van der Waals surface area contributed by atoms with Crippen LogP contribution in [0.15, 0.2) is 91.4 Å². The molecule has 3 aromatic carbocycles. The second-order valence-electron chi connectivity index (χ2n) is 10.5. The Morgan fingerprint density at radius 1 is 1.07 bits per heavy atom. The summed E-state index contributed by atoms with van der Waals surface area (Å²) < 4.78 is 5.82. The van der Waals surface area contributed by atoms with E-state index in [2.05, 4.69) is 57.7 Å². The van der Waals surface area contributed by atoms with E-state index in [-0.39, 0.29) is 17.6 Å². The average molecular weight is 576 g/mol. The van der Waals surface area contributed by atoms with Crippen molar-refractivity contribution in [2.75, 3.05) is 24.1 Å². The average Bonchev–Trinajstić information content (AvgIpc) is 3.45. The van der Waals surface area contributed by atoms with E-state index in [0.717, 1.165) is 31.5 Å². The van der Waals surface area contributed by atoms with Crippen LogP contribution in [0.25, 0.3) is 10.9 Å². The van der Waals surface area contributed by atoms with Crippen molar-refractivity contribution in [1.29, 1.82) is 5.41 Å². The summed E-state index contributed by atoms with van der Waals surface area (Å²) in [6, 6.07) is 25.3. The number of nitrogens with zero attached hydrogens (tertiary/aromatic N) is 3. The number of carbonyl (C=O) groups excluding carboxylic acids is 1. The molecule has 3 heterocycles. The zero-order chi connectivity index (χ0) is 30.0. The van der Waals surface area contributed by atoms with Gasteiger partial charge in [0.1, 0.15) is 29.5 Å². The summed E-state index contributed by atoms with van der Waals surface area (Å²) in [7, 11) is 0. The number of benzene rings is 3. The highest BCUT2D eigenvalue weighted by Crippen LogP contribution is 2.26. The van der Waals surface area contributed by atoms with E-state index in [0.29, 0.717) is 29.2 Å². The predicted molar refractivity (Wildman–Crippen MR) is 172 cm³/mol. The molecule has 2 aromatic heterocycles. The number of anilines is 2. The molecule has 1 atom stereocenters. The van der Waals surface area contributed by atoms with Gasteiger partial charge in [-0.15, -0.1) is 0 Å². The van der Waals surface area contributed by atoms with Crippen LogP contribution in [0.3, 0.4) is 0 Å². The van der Waals surface area contributed by atoms with Crippen molar-refractivity contribution in [2.24, 2.45) is 0 Å². The van der Waals surface area contributed by atoms with Gasteiger partial charge in [0, 0.05) is 41.8 Å². The number of nitrogen functional groups attached to an aromatic ring is 1. The Bertz CT molecular complexity index is 1650. The van der Waals surface area contributed by atoms with Crippen LogP contribution in [0.5, 0.6) is 11.5 Å². The van der Waals surface area contributed by atoms with Gasteiger partial charge in [0.25, 0.3) is 0 Å². The molecule has 1 aliphatic heterocycles. The molecule has 220 valence electrons. The molecule has 5 N–H and O–H groups in total. The maximum Gasteiger partial charge on any atom is 0.209 e. The third-order valence-electron chi connectivity index (χ3n) is 7.39. The summed E-state index contributed by atoms with van der Waals surface area (Å²) in [6.07, 6.45) is 8.56. The number of aryl methyl sites for hydroxylation is 1. The van der Waals surface area contributed by atoms with E-state index in [9.17, 15) is 4.79 Å². The molecule has 5 aromatic rings. The number of hydrogen-bond donors (Lipinski definition) is 4. The molecule has 0 spiro atoms. The van der Waals surface area contributed by atoms with Gasteiger partial charge in [-0.3, -0.25) is 10.2 Å². The largest absolute Gasteiger partial charge is 0.457 e. The van der Waals surface area contributed by atoms with E-state index in [1.807, 2.05) is 54.6 Å². The van der Waals surface area contributed by atoms with Crippen LogP contribution in [0.2, 0.25) is 0 Å². The van der Waals surface area contributed by atoms with Crippen molar-refractivity contribution < 1.29 is 9.53 Å². The quantitative estimate of drug-likeness (QED) is 0.118. The van der Waals surface area contributed by atoms with Crippen LogP contribution in [-0.4, -0.2) is 51.1 Å². The lowest BCUT2D eigenvalue weighted by Gasteiger charge is -2.31. The second kappa shape index (κ2) is 14.1. The molecule has 1 amide bonds. The van der Waals surface area contributed by atoms with Gasteiger partial charge in [0.2, 0.25) is 6.41 Å². The lowest BCUT2D eigenvalue weighted by Crippen LogP contribution is -2.41. The zero-order valence-corrected chi connectivity index (χ0v) is 24.3. The molecule has 1 saturated heterocycles. The topological polar surface area (TPSA) is 133 Å². The van der Waals surface area contributed by atoms with Gasteiger partial charge in [0.15, 0.2) is 0 Å². The van der Waals surface area contributed by atoms with E-state index in [1.54, 1.807) is 4.90 Å². The van der Waals surface area contributed by atoms with E-state index in [1.165, 1.54) is 35.6 Å². The minimum atomic E-state index is 0.0430. The van der Waals surface area contributed by atoms with Crippen molar-refractivity contribution in [1.82, 2.24) is 19.9 Å². The van der Waals surface area contributed by atoms with Crippen molar-refractivity contribution in [3.05, 3.63) is 108 Å². The van der Waals surface area contributed by atoms with Crippen molar-refractivity contribution >= 4 is 34.7 Å². The van der Waals surface area contributed by atoms with Crippen molar-refractivity contribution in [3.63, 3.8) is 0 Å². The van der Waals surface area contributed by atoms with Crippen molar-refractivity contribution in [3.8, 4) is 11.5 Å². The summed E-state index contributed by atoms with van der Waals surface area (Å²) in [5.74, 6) is 2.15. The number of aromatic amines is 1. The predicted octanol–water partition coefficient (Wildman–Crippen LogP) is 6.42. The molecule has 6 rings (SSSR count). The molecule has 0 bridgehead atoms. The van der Waals surface area contributed by atoms with Crippen LogP contribution < -0.4 is 15.8 Å². The summed E-state index contributed by atoms with van der Waals surface area (Å²) >= 11 is 0. The molecular formula is C34H37N7O2. The highest BCUT2D eigenvalue weighted by atomic mass is 16.5. The van der Waals surface area contributed by atoms with Gasteiger partial charge < -0.3 is 25.7 Å². The third kappa shape index (κ3) is 7.37. The highest BCUT2D eigenvalue weighted by molar-refractivity contribution is 6.16. The number of ether oxygens (including phenoxy) is 1. The lowest BCUT2D eigenvalue weighted by molar-refractivity contribution is -0.119. The van der Waals surface area contributed by atoms with Gasteiger partial charge in [-0.1, -0.05) is 49.7 Å². The Balaban J connectivity index is 0.000000255. The SMILES string of the molecule is CCCc1c[nH]c2ccccc12.N=C(c1ccc(Oc2ccccc2)cc1)c1c(N)ncnc1NC1CCCN(C=O)C1. The number of nitrogens with two attached hydrogens (primary N) is 1. The Labute approximate surface area is 251 Å². The maximum absolute atomic E-state index is 11.1. The van der Waals surface area contributed by atoms with Crippen molar-refractivity contribution in [2.45, 2.75) is 38.6 Å². The number of carbonyl (C=O) groups is 1. The van der Waals surface area contributed by atoms with Crippen LogP contribution in [0.4, 0.5) is 11.6 Å². The lowest BCUT2D eigenvalue weighted by atomic mass is 10.0. The molecule has 9 nitrogen and oxygen atoms in total. The first-order valence-corrected chi connectivity index (χ1v) is 14.6. The molecule has 43 heavy (non-hydrogen) atoms. The molecule has 1 unspecified atom stereocenters. The number of para-hydroxylation sites is 2. The molecule has 1 aliphatic rings. The van der Waals surface area contributed by atoms with Gasteiger partial charge in [-0.25, -0.2) is 9.97 Å². The third-order valence-corrected chi connectivity index (χ3v) is 7.39. The molecule has 9 heteroatoms. The van der Waals surface area contributed by atoms with Crippen LogP contribution in [-0.2, 0) is 11.2 Å². The van der Waals surface area contributed by atoms with Gasteiger partial charge >= 0.3 is 0 Å². The van der Waals surface area contributed by atoms with Gasteiger partial charge in [0.05, 0.1) is 11.3 Å². The fourth-order valence-electron chi connectivity index (χ4n) is 5.23. The summed E-state index contributed by atoms with van der Waals surface area (Å²) in [4.78, 5) is 24.5. The minimum absolute atomic E-state index is 0.0430. The maximum atomic E-state index is 11.1. The van der Waals surface area contributed by atoms with Gasteiger partial charge in [-0.05, 0) is 67.3 Å². The van der Waals surface area contributed by atoms with Crippen LogP contribution in [0.1, 0.15) is 42.9 Å². The highest BCUT2D eigenvalue weighted by Gasteiger charge is 2.22. The molecule has 0 radical (unpaired) electrons. The Hall–Kier alpha value is -5.18. The standard InChI is InChI=1S/C23H24N6O2.C11H13N/c24-21(16-8-10-19(11-9-16)31-18-6-2-1-3-7-18)20-22(25)26-14-27-23(20)28-17-5-4-12-29(13-17)15-30;1-2-5-9-8-12-11-7-4-3-6-10(9)11/h1-3,6-11,14-15,17,24H,4-5,12-13H2,(H3,25,26,27,28);3-4,6-8,12H,2,5H2,1H3. The zero-order valence-electron chi connectivity index (χ0n) is 24.3. The summed E-state index contributed by atoms with van der Waals surface area (Å²) in [5, 5.41) is 13.5. The number of H-pyrrole nitrogens is 1. The number of fused-ring (bicyclic) bond motifs is 1. The number of aromatic nitrogens is 3. The molecule has 1 fully saturated rings. The monoisotopic (exact) mass is 575 g/mol. The Morgan fingerprint density at radius 2 is 1.81 bits per heavy atom. The van der Waals surface area contributed by atoms with Gasteiger partial charge in [-0.2, -0.15) is 0 Å². The van der Waals surface area contributed by atoms with E-state index < -0.39 is 0 Å². The Kier molecular flexibility index (Phi) is 9.63. The normalized spacial score (nSPS) is 14.4. The Morgan fingerprint density at radius 3 is 2.58 bits per heavy atom. The van der Waals surface area contributed by atoms with E-state index in [4.69, 9.17) is 15.9 Å². The second-order valence-corrected chi connectivity index (χ2v) is 10.5. The number of hydrogen-bond acceptors (Lipinski definition) is 7. The number of rotatable bonds is 9. The summed E-state index contributed by atoms with van der Waals surface area (Å²) in [6.45, 7) is 3.56. The molecular weight excluding hydrogens is 538 g/mol. The molecule has 0 saturated carbocycles. The van der Waals surface area contributed by atoms with Crippen LogP contribution in [0, 0.1) is 5.41 Å². The number of amides is 1. The summed E-state index contributed by atoms with van der Waals surface area (Å²) in [5.41, 5.74) is 10.1. The number of nitrogens with one attached hydrogen (secondary N) is 3. The van der Waals surface area contributed by atoms with E-state index >= 15 is 0 Å². The fraction of sp³-hybridized carbons (Fsp3) is 0.235. The molecule has 0 aliphatic carbocycles. The number of likely N-dealkylation sites (tertiary alicyclic amines) is 1. The first-order chi connectivity index (χ1) is 21.1. The smallest absolute Gasteiger partial charge is 0.209 e. The first kappa shape index (κ1) is 29.3. The van der Waals surface area contributed by atoms with Crippen LogP contribution >= 0.6 is 0 Å². The first-order valence-electron chi connectivity index (χ1n) is 14.6. The minimum Gasteiger partial charge on any atom is -0.457 e. The number of piperidine rings is 1.